The molecule has 0 aromatic heterocycles. The van der Waals surface area contributed by atoms with Crippen molar-refractivity contribution in [3.8, 4) is 17.2 Å². The number of amides is 1. The summed E-state index contributed by atoms with van der Waals surface area (Å²) in [7, 11) is 3.14. The lowest BCUT2D eigenvalue weighted by Gasteiger charge is -2.11. The van der Waals surface area contributed by atoms with Gasteiger partial charge < -0.3 is 14.2 Å². The number of hydrazone groups is 1. The molecule has 0 saturated carbocycles. The minimum Gasteiger partial charge on any atom is -0.497 e. The number of halogens is 1. The lowest BCUT2D eigenvalue weighted by atomic mass is 10.2. The molecule has 7 heteroatoms. The molecule has 0 aliphatic heterocycles. The van der Waals surface area contributed by atoms with E-state index < -0.39 is 0 Å². The molecular weight excluding hydrogens is 404 g/mol. The lowest BCUT2D eigenvalue weighted by Crippen LogP contribution is -2.18. The van der Waals surface area contributed by atoms with E-state index in [4.69, 9.17) is 25.8 Å². The van der Waals surface area contributed by atoms with Gasteiger partial charge in [-0.05, 0) is 48.0 Å². The summed E-state index contributed by atoms with van der Waals surface area (Å²) in [6.45, 7) is 0.311. The third-order valence-electron chi connectivity index (χ3n) is 4.25. The molecule has 0 aliphatic rings. The Hall–Kier alpha value is -3.51. The van der Waals surface area contributed by atoms with E-state index in [1.807, 2.05) is 12.1 Å². The minimum absolute atomic E-state index is 0.311. The maximum atomic E-state index is 12.6. The van der Waals surface area contributed by atoms with Crippen LogP contribution in [0.25, 0.3) is 0 Å². The van der Waals surface area contributed by atoms with Gasteiger partial charge in [-0.1, -0.05) is 35.9 Å². The number of benzene rings is 3. The van der Waals surface area contributed by atoms with Crippen LogP contribution in [0.2, 0.25) is 5.02 Å². The maximum Gasteiger partial charge on any atom is 0.275 e. The van der Waals surface area contributed by atoms with Gasteiger partial charge in [-0.2, -0.15) is 5.10 Å². The van der Waals surface area contributed by atoms with E-state index in [0.717, 1.165) is 5.56 Å². The minimum atomic E-state index is -0.389. The summed E-state index contributed by atoms with van der Waals surface area (Å²) in [6.07, 6.45) is 1.50. The first-order chi connectivity index (χ1) is 14.6. The van der Waals surface area contributed by atoms with Gasteiger partial charge >= 0.3 is 0 Å². The molecule has 0 fully saturated rings. The molecule has 0 atom stereocenters. The molecule has 0 aliphatic carbocycles. The van der Waals surface area contributed by atoms with E-state index in [1.165, 1.54) is 6.21 Å². The van der Waals surface area contributed by atoms with Crippen LogP contribution in [0.3, 0.4) is 0 Å². The van der Waals surface area contributed by atoms with Crippen molar-refractivity contribution in [2.45, 2.75) is 6.61 Å². The normalized spacial score (nSPS) is 10.6. The van der Waals surface area contributed by atoms with E-state index in [2.05, 4.69) is 10.5 Å². The average molecular weight is 425 g/mol. The quantitative estimate of drug-likeness (QED) is 0.420. The maximum absolute atomic E-state index is 12.6. The molecule has 154 valence electrons. The van der Waals surface area contributed by atoms with Crippen LogP contribution in [0.4, 0.5) is 0 Å². The Morgan fingerprint density at radius 1 is 1.00 bits per heavy atom. The first-order valence-corrected chi connectivity index (χ1v) is 9.50. The zero-order chi connectivity index (χ0) is 21.3. The van der Waals surface area contributed by atoms with Crippen LogP contribution in [0.5, 0.6) is 17.2 Å². The SMILES string of the molecule is COc1ccc(OC)c(/C=N/NC(=O)c2ccccc2OCc2ccc(Cl)cc2)c1. The van der Waals surface area contributed by atoms with Gasteiger partial charge in [0.2, 0.25) is 0 Å². The smallest absolute Gasteiger partial charge is 0.275 e. The molecule has 3 rings (SSSR count). The van der Waals surface area contributed by atoms with Crippen molar-refractivity contribution in [1.82, 2.24) is 5.43 Å². The predicted octanol–water partition coefficient (Wildman–Crippen LogP) is 4.70. The Bertz CT molecular complexity index is 1040. The molecule has 1 amide bonds. The van der Waals surface area contributed by atoms with Crippen LogP contribution in [0.1, 0.15) is 21.5 Å². The lowest BCUT2D eigenvalue weighted by molar-refractivity contribution is 0.0950. The second-order valence-corrected chi connectivity index (χ2v) is 6.65. The second kappa shape index (κ2) is 10.3. The molecule has 0 unspecified atom stereocenters. The third-order valence-corrected chi connectivity index (χ3v) is 4.50. The molecule has 3 aromatic rings. The Balaban J connectivity index is 1.69. The highest BCUT2D eigenvalue weighted by Crippen LogP contribution is 2.23. The summed E-state index contributed by atoms with van der Waals surface area (Å²) in [5.41, 5.74) is 4.51. The summed E-state index contributed by atoms with van der Waals surface area (Å²) in [5, 5.41) is 4.70. The number of nitrogens with one attached hydrogen (secondary N) is 1. The number of nitrogens with zero attached hydrogens (tertiary/aromatic N) is 1. The highest BCUT2D eigenvalue weighted by atomic mass is 35.5. The number of methoxy groups -OCH3 is 2. The summed E-state index contributed by atoms with van der Waals surface area (Å²) >= 11 is 5.90. The number of ether oxygens (including phenoxy) is 3. The summed E-state index contributed by atoms with van der Waals surface area (Å²) in [5.74, 6) is 1.34. The van der Waals surface area contributed by atoms with Gasteiger partial charge in [0, 0.05) is 10.6 Å². The summed E-state index contributed by atoms with van der Waals surface area (Å²) in [6, 6.07) is 19.6. The molecule has 3 aromatic carbocycles. The van der Waals surface area contributed by atoms with Crippen molar-refractivity contribution < 1.29 is 19.0 Å². The van der Waals surface area contributed by atoms with Crippen molar-refractivity contribution >= 4 is 23.7 Å². The van der Waals surface area contributed by atoms with E-state index in [-0.39, 0.29) is 5.91 Å². The highest BCUT2D eigenvalue weighted by Gasteiger charge is 2.12. The van der Waals surface area contributed by atoms with Crippen LogP contribution in [-0.4, -0.2) is 26.3 Å². The third kappa shape index (κ3) is 5.52. The number of carbonyl (C=O) groups excluding carboxylic acids is 1. The Labute approximate surface area is 180 Å². The number of carbonyl (C=O) groups is 1. The molecular formula is C23H21ClN2O4. The van der Waals surface area contributed by atoms with Gasteiger partial charge in [-0.25, -0.2) is 5.43 Å². The standard InChI is InChI=1S/C23H21ClN2O4/c1-28-19-11-12-21(29-2)17(13-19)14-25-26-23(27)20-5-3-4-6-22(20)30-15-16-7-9-18(24)10-8-16/h3-14H,15H2,1-2H3,(H,26,27)/b25-14+. The molecule has 1 N–H and O–H groups in total. The molecule has 0 bridgehead atoms. The molecule has 0 saturated heterocycles. The fourth-order valence-corrected chi connectivity index (χ4v) is 2.81. The Kier molecular flexibility index (Phi) is 7.29. The van der Waals surface area contributed by atoms with Crippen LogP contribution in [-0.2, 0) is 6.61 Å². The van der Waals surface area contributed by atoms with E-state index >= 15 is 0 Å². The molecule has 6 nitrogen and oxygen atoms in total. The first kappa shape index (κ1) is 21.2. The zero-order valence-corrected chi connectivity index (χ0v) is 17.3. The Morgan fingerprint density at radius 2 is 1.77 bits per heavy atom. The van der Waals surface area contributed by atoms with Gasteiger partial charge in [0.15, 0.2) is 0 Å². The first-order valence-electron chi connectivity index (χ1n) is 9.12. The number of hydrogen-bond acceptors (Lipinski definition) is 5. The van der Waals surface area contributed by atoms with Gasteiger partial charge in [0.1, 0.15) is 23.9 Å². The average Bonchev–Trinajstić information content (AvgIpc) is 2.78. The van der Waals surface area contributed by atoms with E-state index in [1.54, 1.807) is 68.8 Å². The largest absolute Gasteiger partial charge is 0.497 e. The molecule has 0 radical (unpaired) electrons. The zero-order valence-electron chi connectivity index (χ0n) is 16.6. The highest BCUT2D eigenvalue weighted by molar-refractivity contribution is 6.30. The van der Waals surface area contributed by atoms with E-state index in [0.29, 0.717) is 40.0 Å². The van der Waals surface area contributed by atoms with Crippen molar-refractivity contribution in [3.63, 3.8) is 0 Å². The Morgan fingerprint density at radius 3 is 2.50 bits per heavy atom. The fourth-order valence-electron chi connectivity index (χ4n) is 2.68. The number of rotatable bonds is 8. The van der Waals surface area contributed by atoms with Crippen molar-refractivity contribution in [1.29, 1.82) is 0 Å². The van der Waals surface area contributed by atoms with Gasteiger partial charge in [-0.3, -0.25) is 4.79 Å². The van der Waals surface area contributed by atoms with Gasteiger partial charge in [-0.15, -0.1) is 0 Å². The van der Waals surface area contributed by atoms with Gasteiger partial charge in [0.05, 0.1) is 26.0 Å². The monoisotopic (exact) mass is 424 g/mol. The van der Waals surface area contributed by atoms with Crippen LogP contribution < -0.4 is 19.6 Å². The number of hydrogen-bond donors (Lipinski definition) is 1. The molecule has 30 heavy (non-hydrogen) atoms. The fraction of sp³-hybridized carbons (Fsp3) is 0.130. The van der Waals surface area contributed by atoms with Crippen LogP contribution in [0.15, 0.2) is 71.8 Å². The number of para-hydroxylation sites is 1. The van der Waals surface area contributed by atoms with E-state index in [9.17, 15) is 4.79 Å². The van der Waals surface area contributed by atoms with Crippen molar-refractivity contribution in [3.05, 3.63) is 88.4 Å². The van der Waals surface area contributed by atoms with Crippen molar-refractivity contribution in [2.75, 3.05) is 14.2 Å². The van der Waals surface area contributed by atoms with Crippen molar-refractivity contribution in [2.24, 2.45) is 5.10 Å². The summed E-state index contributed by atoms with van der Waals surface area (Å²) in [4.78, 5) is 12.6. The summed E-state index contributed by atoms with van der Waals surface area (Å²) < 4.78 is 16.3. The van der Waals surface area contributed by atoms with Crippen LogP contribution in [0, 0.1) is 0 Å². The van der Waals surface area contributed by atoms with Gasteiger partial charge in [0.25, 0.3) is 5.91 Å². The van der Waals surface area contributed by atoms with Crippen LogP contribution >= 0.6 is 11.6 Å². The predicted molar refractivity (Wildman–Crippen MR) is 117 cm³/mol. The molecule has 0 heterocycles. The molecule has 0 spiro atoms. The second-order valence-electron chi connectivity index (χ2n) is 6.22. The topological polar surface area (TPSA) is 69.2 Å².